The van der Waals surface area contributed by atoms with Crippen molar-refractivity contribution in [3.63, 3.8) is 0 Å². The van der Waals surface area contributed by atoms with Gasteiger partial charge in [-0.15, -0.1) is 0 Å². The second-order valence-corrected chi connectivity index (χ2v) is 3.99. The van der Waals surface area contributed by atoms with Crippen LogP contribution in [0.3, 0.4) is 0 Å². The van der Waals surface area contributed by atoms with E-state index in [1.165, 1.54) is 0 Å². The number of allylic oxidation sites excluding steroid dienone is 4. The second kappa shape index (κ2) is 4.01. The Morgan fingerprint density at radius 3 is 3.06 bits per heavy atom. The van der Waals surface area contributed by atoms with E-state index in [0.29, 0.717) is 5.69 Å². The summed E-state index contributed by atoms with van der Waals surface area (Å²) in [7, 11) is 0. The summed E-state index contributed by atoms with van der Waals surface area (Å²) in [5, 5.41) is 0. The number of aromatic nitrogens is 1. The smallest absolute Gasteiger partial charge is 0.211 e. The molecule has 3 rings (SSSR count). The van der Waals surface area contributed by atoms with Crippen molar-refractivity contribution in [2.75, 3.05) is 0 Å². The van der Waals surface area contributed by atoms with Gasteiger partial charge in [0.15, 0.2) is 0 Å². The van der Waals surface area contributed by atoms with Crippen LogP contribution in [0, 0.1) is 0 Å². The van der Waals surface area contributed by atoms with Gasteiger partial charge in [-0.25, -0.2) is 0 Å². The molecular formula is C14H11NO2. The maximum atomic E-state index is 12.3. The maximum Gasteiger partial charge on any atom is 0.211 e. The highest BCUT2D eigenvalue weighted by atomic mass is 16.5. The lowest BCUT2D eigenvalue weighted by atomic mass is 10.1. The van der Waals surface area contributed by atoms with Crippen LogP contribution in [0.5, 0.6) is 0 Å². The molecule has 1 aliphatic carbocycles. The molecule has 2 heterocycles. The molecule has 0 amide bonds. The van der Waals surface area contributed by atoms with Crippen LogP contribution in [-0.2, 0) is 4.74 Å². The molecule has 17 heavy (non-hydrogen) atoms. The van der Waals surface area contributed by atoms with Crippen molar-refractivity contribution in [1.29, 1.82) is 0 Å². The molecule has 0 atom stereocenters. The summed E-state index contributed by atoms with van der Waals surface area (Å²) in [6.45, 7) is 0. The fourth-order valence-electron chi connectivity index (χ4n) is 2.12. The zero-order valence-corrected chi connectivity index (χ0v) is 9.22. The van der Waals surface area contributed by atoms with Crippen LogP contribution >= 0.6 is 0 Å². The van der Waals surface area contributed by atoms with Gasteiger partial charge in [-0.2, -0.15) is 0 Å². The minimum absolute atomic E-state index is 0.0284. The van der Waals surface area contributed by atoms with Crippen LogP contribution in [0.4, 0.5) is 0 Å². The summed E-state index contributed by atoms with van der Waals surface area (Å²) in [6.07, 6.45) is 8.69. The summed E-state index contributed by atoms with van der Waals surface area (Å²) < 4.78 is 5.44. The molecule has 0 fully saturated rings. The van der Waals surface area contributed by atoms with Crippen LogP contribution in [0.15, 0.2) is 59.7 Å². The third-order valence-electron chi connectivity index (χ3n) is 2.94. The Morgan fingerprint density at radius 1 is 1.29 bits per heavy atom. The van der Waals surface area contributed by atoms with Gasteiger partial charge in [0.1, 0.15) is 11.5 Å². The van der Waals surface area contributed by atoms with E-state index < -0.39 is 0 Å². The molecule has 1 aliphatic heterocycles. The molecule has 0 saturated heterocycles. The molecule has 0 spiro atoms. The Labute approximate surface area is 99.1 Å². The van der Waals surface area contributed by atoms with Crippen molar-refractivity contribution in [2.24, 2.45) is 0 Å². The van der Waals surface area contributed by atoms with E-state index in [9.17, 15) is 4.79 Å². The third kappa shape index (κ3) is 1.69. The minimum Gasteiger partial charge on any atom is -0.464 e. The van der Waals surface area contributed by atoms with E-state index in [4.69, 9.17) is 4.74 Å². The quantitative estimate of drug-likeness (QED) is 0.726. The minimum atomic E-state index is -0.0284. The summed E-state index contributed by atoms with van der Waals surface area (Å²) in [5.74, 6) is 0.697. The van der Waals surface area contributed by atoms with Gasteiger partial charge in [0.05, 0.1) is 6.26 Å². The van der Waals surface area contributed by atoms with Gasteiger partial charge in [-0.1, -0.05) is 12.1 Å². The van der Waals surface area contributed by atoms with Crippen molar-refractivity contribution in [2.45, 2.75) is 12.8 Å². The molecule has 0 N–H and O–H groups in total. The Balaban J connectivity index is 1.99. The van der Waals surface area contributed by atoms with Crippen LogP contribution in [0.25, 0.3) is 0 Å². The number of Topliss-reactive ketones (excluding diaryl/α,β-unsaturated/α-hetero) is 1. The molecule has 0 radical (unpaired) electrons. The predicted octanol–water partition coefficient (Wildman–Crippen LogP) is 2.78. The summed E-state index contributed by atoms with van der Waals surface area (Å²) >= 11 is 0. The first-order chi connectivity index (χ1) is 8.36. The number of ether oxygens (including phenoxy) is 1. The van der Waals surface area contributed by atoms with E-state index in [1.54, 1.807) is 24.6 Å². The van der Waals surface area contributed by atoms with Gasteiger partial charge < -0.3 is 4.74 Å². The number of hydrogen-bond acceptors (Lipinski definition) is 3. The maximum absolute atomic E-state index is 12.3. The summed E-state index contributed by atoms with van der Waals surface area (Å²) in [6, 6.07) is 5.35. The van der Waals surface area contributed by atoms with E-state index >= 15 is 0 Å². The van der Waals surface area contributed by atoms with Gasteiger partial charge in [0, 0.05) is 11.8 Å². The normalized spacial score (nSPS) is 17.5. The number of carbonyl (C=O) groups excluding carboxylic acids is 1. The first-order valence-electron chi connectivity index (χ1n) is 5.58. The third-order valence-corrected chi connectivity index (χ3v) is 2.94. The van der Waals surface area contributed by atoms with Gasteiger partial charge in [-0.05, 0) is 36.6 Å². The van der Waals surface area contributed by atoms with E-state index in [-0.39, 0.29) is 5.78 Å². The van der Waals surface area contributed by atoms with Crippen LogP contribution in [0.2, 0.25) is 0 Å². The number of carbonyl (C=O) groups is 1. The van der Waals surface area contributed by atoms with Gasteiger partial charge in [0.25, 0.3) is 0 Å². The lowest BCUT2D eigenvalue weighted by molar-refractivity contribution is 0.102. The molecule has 0 saturated carbocycles. The van der Waals surface area contributed by atoms with Crippen LogP contribution in [-0.4, -0.2) is 10.8 Å². The van der Waals surface area contributed by atoms with Crippen molar-refractivity contribution in [3.05, 3.63) is 65.4 Å². The van der Waals surface area contributed by atoms with E-state index in [2.05, 4.69) is 4.98 Å². The summed E-state index contributed by atoms with van der Waals surface area (Å²) in [4.78, 5) is 16.3. The average molecular weight is 225 g/mol. The monoisotopic (exact) mass is 225 g/mol. The standard InChI is InChI=1S/C14H11NO2/c16-13(12-5-1-2-8-15-12)11-7-6-10-4-3-9-17-14(10)11/h1-5,8-9H,6-7H2. The second-order valence-electron chi connectivity index (χ2n) is 3.99. The fraction of sp³-hybridized carbons (Fsp3) is 0.143. The SMILES string of the molecule is O=C(C1=C2OC=CC=C2CC1)c1ccccn1. The molecule has 84 valence electrons. The highest BCUT2D eigenvalue weighted by molar-refractivity contribution is 6.08. The number of pyridine rings is 1. The highest BCUT2D eigenvalue weighted by Gasteiger charge is 2.28. The number of nitrogens with zero attached hydrogens (tertiary/aromatic N) is 1. The number of hydrogen-bond donors (Lipinski definition) is 0. The Kier molecular flexibility index (Phi) is 2.37. The van der Waals surface area contributed by atoms with Gasteiger partial charge in [0.2, 0.25) is 5.78 Å². The molecule has 1 aromatic rings. The predicted molar refractivity (Wildman–Crippen MR) is 63.1 cm³/mol. The fourth-order valence-corrected chi connectivity index (χ4v) is 2.12. The molecule has 0 aromatic carbocycles. The average Bonchev–Trinajstić information content (AvgIpc) is 2.83. The topological polar surface area (TPSA) is 39.2 Å². The largest absolute Gasteiger partial charge is 0.464 e. The molecule has 2 aliphatic rings. The number of ketones is 1. The van der Waals surface area contributed by atoms with Crippen molar-refractivity contribution < 1.29 is 9.53 Å². The first kappa shape index (κ1) is 10.0. The Hall–Kier alpha value is -2.16. The van der Waals surface area contributed by atoms with Gasteiger partial charge in [-0.3, -0.25) is 9.78 Å². The van der Waals surface area contributed by atoms with Gasteiger partial charge >= 0.3 is 0 Å². The zero-order chi connectivity index (χ0) is 11.7. The summed E-state index contributed by atoms with van der Waals surface area (Å²) in [5.41, 5.74) is 2.32. The lowest BCUT2D eigenvalue weighted by Gasteiger charge is -2.09. The highest BCUT2D eigenvalue weighted by Crippen LogP contribution is 2.35. The number of fused-ring (bicyclic) bond motifs is 1. The first-order valence-corrected chi connectivity index (χ1v) is 5.58. The molecule has 0 bridgehead atoms. The van der Waals surface area contributed by atoms with E-state index in [0.717, 1.165) is 29.7 Å². The van der Waals surface area contributed by atoms with Crippen molar-refractivity contribution in [3.8, 4) is 0 Å². The molecule has 3 nitrogen and oxygen atoms in total. The van der Waals surface area contributed by atoms with E-state index in [1.807, 2.05) is 18.2 Å². The molecular weight excluding hydrogens is 214 g/mol. The van der Waals surface area contributed by atoms with Crippen molar-refractivity contribution >= 4 is 5.78 Å². The molecule has 0 unspecified atom stereocenters. The van der Waals surface area contributed by atoms with Crippen LogP contribution < -0.4 is 0 Å². The molecule has 1 aromatic heterocycles. The van der Waals surface area contributed by atoms with Crippen molar-refractivity contribution in [1.82, 2.24) is 4.98 Å². The molecule has 3 heteroatoms. The Morgan fingerprint density at radius 2 is 2.24 bits per heavy atom. The number of rotatable bonds is 2. The van der Waals surface area contributed by atoms with Crippen LogP contribution in [0.1, 0.15) is 23.3 Å². The Bertz CT molecular complexity index is 553. The lowest BCUT2D eigenvalue weighted by Crippen LogP contribution is -2.06. The zero-order valence-electron chi connectivity index (χ0n) is 9.22.